The molecular formula is C22H22N4O3. The maximum absolute atomic E-state index is 12.3. The van der Waals surface area contributed by atoms with E-state index >= 15 is 0 Å². The molecule has 3 rings (SSSR count). The molecule has 29 heavy (non-hydrogen) atoms. The van der Waals surface area contributed by atoms with Crippen LogP contribution in [-0.2, 0) is 11.3 Å². The Hall–Kier alpha value is -3.74. The number of amides is 1. The Balaban J connectivity index is 1.55. The quantitative estimate of drug-likeness (QED) is 0.596. The number of aromatic nitrogens is 2. The van der Waals surface area contributed by atoms with Crippen molar-refractivity contribution in [1.82, 2.24) is 9.97 Å². The summed E-state index contributed by atoms with van der Waals surface area (Å²) in [7, 11) is 0. The molecule has 0 saturated heterocycles. The third-order valence-corrected chi connectivity index (χ3v) is 4.13. The van der Waals surface area contributed by atoms with Gasteiger partial charge >= 0.3 is 5.97 Å². The van der Waals surface area contributed by atoms with Gasteiger partial charge in [-0.1, -0.05) is 29.8 Å². The van der Waals surface area contributed by atoms with Crippen LogP contribution in [0.15, 0.2) is 60.9 Å². The Morgan fingerprint density at radius 2 is 1.69 bits per heavy atom. The van der Waals surface area contributed by atoms with Gasteiger partial charge in [0.15, 0.2) is 0 Å². The van der Waals surface area contributed by atoms with Crippen molar-refractivity contribution in [3.8, 4) is 0 Å². The molecule has 0 spiro atoms. The first-order chi connectivity index (χ1) is 14.0. The van der Waals surface area contributed by atoms with Crippen LogP contribution in [0.25, 0.3) is 0 Å². The lowest BCUT2D eigenvalue weighted by molar-refractivity contribution is 0.0526. The normalized spacial score (nSPS) is 10.3. The Kier molecular flexibility index (Phi) is 6.52. The largest absolute Gasteiger partial charge is 0.462 e. The SMILES string of the molecule is CCOC(=O)c1ccc(NC(=O)c2cnc(NCc3ccc(C)cc3)cn2)cc1. The zero-order valence-corrected chi connectivity index (χ0v) is 16.3. The second-order valence-corrected chi connectivity index (χ2v) is 6.38. The van der Waals surface area contributed by atoms with Gasteiger partial charge in [-0.3, -0.25) is 4.79 Å². The van der Waals surface area contributed by atoms with Gasteiger partial charge in [0.2, 0.25) is 0 Å². The van der Waals surface area contributed by atoms with Crippen LogP contribution in [-0.4, -0.2) is 28.5 Å². The van der Waals surface area contributed by atoms with E-state index in [2.05, 4.69) is 32.7 Å². The Bertz CT molecular complexity index is 968. The molecule has 7 nitrogen and oxygen atoms in total. The first-order valence-electron chi connectivity index (χ1n) is 9.25. The van der Waals surface area contributed by atoms with Gasteiger partial charge in [0.25, 0.3) is 5.91 Å². The molecular weight excluding hydrogens is 368 g/mol. The maximum atomic E-state index is 12.3. The van der Waals surface area contributed by atoms with Crippen LogP contribution in [0, 0.1) is 6.92 Å². The van der Waals surface area contributed by atoms with Crippen molar-refractivity contribution < 1.29 is 14.3 Å². The summed E-state index contributed by atoms with van der Waals surface area (Å²) in [6.45, 7) is 4.72. The van der Waals surface area contributed by atoms with E-state index in [-0.39, 0.29) is 11.6 Å². The number of esters is 1. The highest BCUT2D eigenvalue weighted by Gasteiger charge is 2.10. The van der Waals surface area contributed by atoms with Crippen molar-refractivity contribution in [2.45, 2.75) is 20.4 Å². The van der Waals surface area contributed by atoms with Crippen molar-refractivity contribution in [2.24, 2.45) is 0 Å². The van der Waals surface area contributed by atoms with E-state index in [1.54, 1.807) is 31.2 Å². The van der Waals surface area contributed by atoms with Crippen LogP contribution in [0.5, 0.6) is 0 Å². The highest BCUT2D eigenvalue weighted by molar-refractivity contribution is 6.03. The topological polar surface area (TPSA) is 93.2 Å². The fraction of sp³-hybridized carbons (Fsp3) is 0.182. The van der Waals surface area contributed by atoms with Crippen LogP contribution in [0.2, 0.25) is 0 Å². The van der Waals surface area contributed by atoms with Crippen LogP contribution in [0.4, 0.5) is 11.5 Å². The van der Waals surface area contributed by atoms with E-state index in [0.29, 0.717) is 30.2 Å². The number of carbonyl (C=O) groups is 2. The van der Waals surface area contributed by atoms with Crippen molar-refractivity contribution in [2.75, 3.05) is 17.2 Å². The second-order valence-electron chi connectivity index (χ2n) is 6.38. The minimum Gasteiger partial charge on any atom is -0.462 e. The zero-order chi connectivity index (χ0) is 20.6. The second kappa shape index (κ2) is 9.45. The van der Waals surface area contributed by atoms with Crippen LogP contribution >= 0.6 is 0 Å². The fourth-order valence-electron chi connectivity index (χ4n) is 2.53. The Labute approximate surface area is 169 Å². The lowest BCUT2D eigenvalue weighted by Gasteiger charge is -2.08. The first kappa shape index (κ1) is 20.0. The van der Waals surface area contributed by atoms with Gasteiger partial charge in [0.05, 0.1) is 24.6 Å². The molecule has 1 aromatic heterocycles. The van der Waals surface area contributed by atoms with E-state index < -0.39 is 5.97 Å². The predicted molar refractivity (Wildman–Crippen MR) is 111 cm³/mol. The molecule has 0 aliphatic carbocycles. The number of nitrogens with zero attached hydrogens (tertiary/aromatic N) is 2. The molecule has 0 radical (unpaired) electrons. The fourth-order valence-corrected chi connectivity index (χ4v) is 2.53. The molecule has 2 N–H and O–H groups in total. The molecule has 0 atom stereocenters. The lowest BCUT2D eigenvalue weighted by atomic mass is 10.1. The molecule has 0 unspecified atom stereocenters. The summed E-state index contributed by atoms with van der Waals surface area (Å²) in [4.78, 5) is 32.4. The summed E-state index contributed by atoms with van der Waals surface area (Å²) in [5, 5.41) is 5.90. The van der Waals surface area contributed by atoms with E-state index in [4.69, 9.17) is 4.74 Å². The van der Waals surface area contributed by atoms with Crippen molar-refractivity contribution in [3.05, 3.63) is 83.3 Å². The molecule has 148 valence electrons. The molecule has 0 saturated carbocycles. The summed E-state index contributed by atoms with van der Waals surface area (Å²) in [5.74, 6) is -0.197. The smallest absolute Gasteiger partial charge is 0.338 e. The van der Waals surface area contributed by atoms with Crippen molar-refractivity contribution in [1.29, 1.82) is 0 Å². The van der Waals surface area contributed by atoms with Crippen LogP contribution in [0.3, 0.4) is 0 Å². The first-order valence-corrected chi connectivity index (χ1v) is 9.25. The van der Waals surface area contributed by atoms with Gasteiger partial charge in [-0.05, 0) is 43.7 Å². The Morgan fingerprint density at radius 1 is 0.966 bits per heavy atom. The van der Waals surface area contributed by atoms with Crippen molar-refractivity contribution in [3.63, 3.8) is 0 Å². The van der Waals surface area contributed by atoms with Crippen LogP contribution in [0.1, 0.15) is 38.9 Å². The average molecular weight is 390 g/mol. The van der Waals surface area contributed by atoms with Gasteiger partial charge in [-0.25, -0.2) is 14.8 Å². The molecule has 7 heteroatoms. The number of hydrogen-bond donors (Lipinski definition) is 2. The molecule has 1 heterocycles. The Morgan fingerprint density at radius 3 is 2.31 bits per heavy atom. The summed E-state index contributed by atoms with van der Waals surface area (Å²) >= 11 is 0. The van der Waals surface area contributed by atoms with Gasteiger partial charge in [-0.15, -0.1) is 0 Å². The number of carbonyl (C=O) groups excluding carboxylic acids is 2. The van der Waals surface area contributed by atoms with Crippen molar-refractivity contribution >= 4 is 23.4 Å². The monoisotopic (exact) mass is 390 g/mol. The maximum Gasteiger partial charge on any atom is 0.338 e. The number of anilines is 2. The minimum atomic E-state index is -0.398. The molecule has 0 aliphatic rings. The summed E-state index contributed by atoms with van der Waals surface area (Å²) < 4.78 is 4.93. The highest BCUT2D eigenvalue weighted by atomic mass is 16.5. The predicted octanol–water partition coefficient (Wildman–Crippen LogP) is 3.83. The standard InChI is InChI=1S/C22H22N4O3/c1-3-29-22(28)17-8-10-18(11-9-17)26-21(27)19-13-25-20(14-23-19)24-12-16-6-4-15(2)5-7-16/h4-11,13-14H,3,12H2,1-2H3,(H,24,25)(H,26,27). The van der Waals surface area contributed by atoms with Gasteiger partial charge < -0.3 is 15.4 Å². The molecule has 2 aromatic carbocycles. The number of benzene rings is 2. The third kappa shape index (κ3) is 5.62. The number of hydrogen-bond acceptors (Lipinski definition) is 6. The molecule has 3 aromatic rings. The minimum absolute atomic E-state index is 0.195. The average Bonchev–Trinajstić information content (AvgIpc) is 2.74. The summed E-state index contributed by atoms with van der Waals surface area (Å²) in [6, 6.07) is 14.7. The molecule has 0 aliphatic heterocycles. The number of aryl methyl sites for hydroxylation is 1. The highest BCUT2D eigenvalue weighted by Crippen LogP contribution is 2.12. The molecule has 1 amide bonds. The molecule has 0 fully saturated rings. The zero-order valence-electron chi connectivity index (χ0n) is 16.3. The van der Waals surface area contributed by atoms with Gasteiger partial charge in [0.1, 0.15) is 11.5 Å². The number of ether oxygens (including phenoxy) is 1. The number of nitrogens with one attached hydrogen (secondary N) is 2. The van der Waals surface area contributed by atoms with E-state index in [1.165, 1.54) is 18.0 Å². The third-order valence-electron chi connectivity index (χ3n) is 4.13. The van der Waals surface area contributed by atoms with E-state index in [0.717, 1.165) is 5.56 Å². The molecule has 0 bridgehead atoms. The van der Waals surface area contributed by atoms with E-state index in [1.807, 2.05) is 19.1 Å². The van der Waals surface area contributed by atoms with Gasteiger partial charge in [-0.2, -0.15) is 0 Å². The summed E-state index contributed by atoms with van der Waals surface area (Å²) in [6.07, 6.45) is 2.94. The number of rotatable bonds is 7. The van der Waals surface area contributed by atoms with Crippen LogP contribution < -0.4 is 10.6 Å². The lowest BCUT2D eigenvalue weighted by Crippen LogP contribution is -2.14. The summed E-state index contributed by atoms with van der Waals surface area (Å²) in [5.41, 5.74) is 3.50. The van der Waals surface area contributed by atoms with E-state index in [9.17, 15) is 9.59 Å². The van der Waals surface area contributed by atoms with Gasteiger partial charge in [0, 0.05) is 12.2 Å².